The van der Waals surface area contributed by atoms with E-state index in [1.165, 1.54) is 12.0 Å². The van der Waals surface area contributed by atoms with Gasteiger partial charge in [0.2, 0.25) is 0 Å². The molecule has 0 N–H and O–H groups in total. The summed E-state index contributed by atoms with van der Waals surface area (Å²) in [4.78, 5) is 37.0. The topological polar surface area (TPSA) is 72.9 Å². The first-order valence-corrected chi connectivity index (χ1v) is 6.07. The number of methoxy groups -OCH3 is 1. The minimum atomic E-state index is -0.937. The van der Waals surface area contributed by atoms with Crippen LogP contribution < -0.4 is 0 Å². The van der Waals surface area contributed by atoms with Crippen LogP contribution in [0.4, 0.5) is 4.79 Å². The minimum absolute atomic E-state index is 0.315. The van der Waals surface area contributed by atoms with E-state index in [-0.39, 0.29) is 5.78 Å². The van der Waals surface area contributed by atoms with Gasteiger partial charge in [0.05, 0.1) is 13.2 Å². The van der Waals surface area contributed by atoms with Crippen molar-refractivity contribution in [2.45, 2.75) is 38.5 Å². The quantitative estimate of drug-likeness (QED) is 0.401. The number of nitrogens with zero attached hydrogens (tertiary/aromatic N) is 1. The van der Waals surface area contributed by atoms with E-state index >= 15 is 0 Å². The highest BCUT2D eigenvalue weighted by atomic mass is 16.6. The number of Topliss-reactive ketones (excluding diaryl/α,β-unsaturated/α-hetero) is 1. The van der Waals surface area contributed by atoms with E-state index in [2.05, 4.69) is 4.74 Å². The Morgan fingerprint density at radius 2 is 1.89 bits per heavy atom. The van der Waals surface area contributed by atoms with E-state index < -0.39 is 35.7 Å². The van der Waals surface area contributed by atoms with Gasteiger partial charge in [-0.2, -0.15) is 0 Å². The lowest BCUT2D eigenvalue weighted by Gasteiger charge is -2.27. The van der Waals surface area contributed by atoms with Crippen molar-refractivity contribution in [2.24, 2.45) is 5.92 Å². The lowest BCUT2D eigenvalue weighted by atomic mass is 9.93. The van der Waals surface area contributed by atoms with Crippen LogP contribution in [0.25, 0.3) is 0 Å². The number of amides is 1. The molecule has 0 saturated carbocycles. The molecule has 0 radical (unpaired) electrons. The summed E-state index contributed by atoms with van der Waals surface area (Å²) >= 11 is 0. The van der Waals surface area contributed by atoms with Gasteiger partial charge in [-0.15, -0.1) is 0 Å². The molecule has 1 fully saturated rings. The Kier molecular flexibility index (Phi) is 3.12. The van der Waals surface area contributed by atoms with Crippen molar-refractivity contribution in [2.75, 3.05) is 7.11 Å². The highest BCUT2D eigenvalue weighted by molar-refractivity contribution is 6.08. The third-order valence-corrected chi connectivity index (χ3v) is 3.11. The van der Waals surface area contributed by atoms with Gasteiger partial charge in [0, 0.05) is 0 Å². The number of fused-ring (bicyclic) bond motifs is 2. The maximum Gasteiger partial charge on any atom is 0.411 e. The second kappa shape index (κ2) is 4.36. The van der Waals surface area contributed by atoms with Crippen LogP contribution in [0.15, 0.2) is 12.2 Å². The Labute approximate surface area is 111 Å². The average Bonchev–Trinajstić information content (AvgIpc) is 2.81. The fraction of sp³-hybridized carbons (Fsp3) is 0.615. The number of carbonyl (C=O) groups is 3. The molecule has 1 saturated heterocycles. The van der Waals surface area contributed by atoms with Gasteiger partial charge >= 0.3 is 12.1 Å². The van der Waals surface area contributed by atoms with Gasteiger partial charge in [-0.05, 0) is 20.8 Å². The van der Waals surface area contributed by atoms with E-state index in [0.29, 0.717) is 0 Å². The van der Waals surface area contributed by atoms with Crippen molar-refractivity contribution in [3.05, 3.63) is 12.2 Å². The van der Waals surface area contributed by atoms with Crippen molar-refractivity contribution in [1.29, 1.82) is 0 Å². The number of ketones is 1. The second-order valence-electron chi connectivity index (χ2n) is 5.61. The summed E-state index contributed by atoms with van der Waals surface area (Å²) in [6, 6.07) is -1.32. The molecule has 0 unspecified atom stereocenters. The van der Waals surface area contributed by atoms with E-state index in [1.54, 1.807) is 32.9 Å². The smallest absolute Gasteiger partial charge is 0.411 e. The van der Waals surface area contributed by atoms with Crippen LogP contribution in [-0.2, 0) is 19.1 Å². The molecule has 1 amide bonds. The van der Waals surface area contributed by atoms with Gasteiger partial charge in [0.1, 0.15) is 17.6 Å². The molecular formula is C13H17NO5. The first-order valence-electron chi connectivity index (χ1n) is 6.07. The number of esters is 1. The van der Waals surface area contributed by atoms with Crippen LogP contribution in [0, 0.1) is 5.92 Å². The molecule has 0 aliphatic carbocycles. The molecule has 6 nitrogen and oxygen atoms in total. The van der Waals surface area contributed by atoms with Crippen LogP contribution in [-0.4, -0.2) is 47.5 Å². The third kappa shape index (κ3) is 2.22. The van der Waals surface area contributed by atoms with Gasteiger partial charge in [-0.25, -0.2) is 4.79 Å². The zero-order valence-electron chi connectivity index (χ0n) is 11.4. The standard InChI is InChI=1S/C13H17NO5/c1-13(2,3)19-12(17)14-7-5-6-8(14)10(15)9(7)11(16)18-4/h5-9H,1-4H3/t7-,8+,9-/m0/s1. The lowest BCUT2D eigenvalue weighted by Crippen LogP contribution is -2.42. The molecule has 2 aliphatic heterocycles. The Hall–Kier alpha value is -1.85. The molecule has 3 atom stereocenters. The number of hydrogen-bond donors (Lipinski definition) is 0. The minimum Gasteiger partial charge on any atom is -0.468 e. The average molecular weight is 267 g/mol. The second-order valence-corrected chi connectivity index (χ2v) is 5.61. The first-order chi connectivity index (χ1) is 8.76. The number of carbonyl (C=O) groups excluding carboxylic acids is 3. The summed E-state index contributed by atoms with van der Waals surface area (Å²) in [6.07, 6.45) is 2.71. The van der Waals surface area contributed by atoms with Crippen LogP contribution >= 0.6 is 0 Å². The van der Waals surface area contributed by atoms with Gasteiger partial charge < -0.3 is 9.47 Å². The van der Waals surface area contributed by atoms with Gasteiger partial charge in [0.15, 0.2) is 5.78 Å². The van der Waals surface area contributed by atoms with Gasteiger partial charge in [-0.3, -0.25) is 14.5 Å². The highest BCUT2D eigenvalue weighted by Crippen LogP contribution is 2.35. The van der Waals surface area contributed by atoms with Crippen molar-refractivity contribution in [1.82, 2.24) is 4.90 Å². The Bertz CT molecular complexity index is 462. The third-order valence-electron chi connectivity index (χ3n) is 3.11. The van der Waals surface area contributed by atoms with Crippen LogP contribution in [0.5, 0.6) is 0 Å². The molecule has 0 aromatic heterocycles. The normalized spacial score (nSPS) is 28.7. The largest absolute Gasteiger partial charge is 0.468 e. The van der Waals surface area contributed by atoms with E-state index in [0.717, 1.165) is 0 Å². The number of rotatable bonds is 1. The Morgan fingerprint density at radius 3 is 2.42 bits per heavy atom. The van der Waals surface area contributed by atoms with Crippen LogP contribution in [0.2, 0.25) is 0 Å². The summed E-state index contributed by atoms with van der Waals surface area (Å²) in [6.45, 7) is 5.24. The highest BCUT2D eigenvalue weighted by Gasteiger charge is 2.56. The predicted octanol–water partition coefficient (Wildman–Crippen LogP) is 0.902. The molecule has 0 aromatic rings. The molecule has 2 rings (SSSR count). The molecule has 0 spiro atoms. The maximum absolute atomic E-state index is 12.1. The molecule has 0 aromatic carbocycles. The van der Waals surface area contributed by atoms with E-state index in [9.17, 15) is 14.4 Å². The van der Waals surface area contributed by atoms with Crippen molar-refractivity contribution >= 4 is 17.8 Å². The Morgan fingerprint density at radius 1 is 1.26 bits per heavy atom. The first kappa shape index (κ1) is 13.6. The summed E-state index contributed by atoms with van der Waals surface area (Å²) in [5, 5.41) is 0. The number of ether oxygens (including phenoxy) is 2. The maximum atomic E-state index is 12.1. The zero-order valence-corrected chi connectivity index (χ0v) is 11.4. The molecule has 104 valence electrons. The molecule has 19 heavy (non-hydrogen) atoms. The molecule has 2 heterocycles. The zero-order chi connectivity index (χ0) is 14.4. The molecular weight excluding hydrogens is 250 g/mol. The molecule has 2 bridgehead atoms. The van der Waals surface area contributed by atoms with E-state index in [4.69, 9.17) is 4.74 Å². The van der Waals surface area contributed by atoms with Gasteiger partial charge in [0.25, 0.3) is 0 Å². The lowest BCUT2D eigenvalue weighted by molar-refractivity contribution is -0.148. The monoisotopic (exact) mass is 267 g/mol. The molecule has 2 aliphatic rings. The summed E-state index contributed by atoms with van der Waals surface area (Å²) in [7, 11) is 1.23. The molecule has 6 heteroatoms. The summed E-state index contributed by atoms with van der Waals surface area (Å²) in [5.74, 6) is -1.87. The fourth-order valence-corrected chi connectivity index (χ4v) is 2.38. The van der Waals surface area contributed by atoms with Gasteiger partial charge in [-0.1, -0.05) is 12.2 Å². The number of hydrogen-bond acceptors (Lipinski definition) is 5. The Balaban J connectivity index is 2.20. The predicted molar refractivity (Wildman–Crippen MR) is 65.3 cm³/mol. The van der Waals surface area contributed by atoms with Crippen LogP contribution in [0.1, 0.15) is 20.8 Å². The SMILES string of the molecule is COC(=O)[C@@H]1C(=O)[C@H]2C=C[C@@H]1N2C(=O)OC(C)(C)C. The summed E-state index contributed by atoms with van der Waals surface area (Å²) < 4.78 is 9.87. The fourth-order valence-electron chi connectivity index (χ4n) is 2.38. The van der Waals surface area contributed by atoms with Crippen molar-refractivity contribution in [3.8, 4) is 0 Å². The van der Waals surface area contributed by atoms with Crippen LogP contribution in [0.3, 0.4) is 0 Å². The summed E-state index contributed by atoms with van der Waals surface area (Å²) in [5.41, 5.74) is -0.650. The van der Waals surface area contributed by atoms with Crippen molar-refractivity contribution < 1.29 is 23.9 Å². The van der Waals surface area contributed by atoms with Crippen molar-refractivity contribution in [3.63, 3.8) is 0 Å². The van der Waals surface area contributed by atoms with E-state index in [1.807, 2.05) is 0 Å².